The lowest BCUT2D eigenvalue weighted by atomic mass is 10.0. The average molecular weight is 386 g/mol. The SMILES string of the molecule is CCC(Oc1ccc(C)c(C)c1)C(=O)NC(CC)c1ccc(OC)c(OC)c1. The van der Waals surface area contributed by atoms with Gasteiger partial charge in [-0.1, -0.05) is 26.0 Å². The molecule has 2 aromatic carbocycles. The van der Waals surface area contributed by atoms with Gasteiger partial charge in [-0.15, -0.1) is 0 Å². The third-order valence-corrected chi connectivity index (χ3v) is 4.95. The summed E-state index contributed by atoms with van der Waals surface area (Å²) in [5.74, 6) is 1.90. The van der Waals surface area contributed by atoms with Crippen LogP contribution >= 0.6 is 0 Å². The van der Waals surface area contributed by atoms with Gasteiger partial charge in [0.25, 0.3) is 5.91 Å². The molecule has 1 amide bonds. The fourth-order valence-electron chi connectivity index (χ4n) is 3.03. The summed E-state index contributed by atoms with van der Waals surface area (Å²) in [6, 6.07) is 11.4. The molecule has 0 heterocycles. The van der Waals surface area contributed by atoms with Crippen molar-refractivity contribution in [2.45, 2.75) is 52.7 Å². The van der Waals surface area contributed by atoms with E-state index >= 15 is 0 Å². The van der Waals surface area contributed by atoms with Gasteiger partial charge in [0.05, 0.1) is 20.3 Å². The minimum absolute atomic E-state index is 0.123. The van der Waals surface area contributed by atoms with Crippen molar-refractivity contribution in [3.63, 3.8) is 0 Å². The highest BCUT2D eigenvalue weighted by molar-refractivity contribution is 5.81. The molecule has 1 N–H and O–H groups in total. The van der Waals surface area contributed by atoms with Crippen LogP contribution in [0.1, 0.15) is 49.4 Å². The van der Waals surface area contributed by atoms with Crippen molar-refractivity contribution in [1.29, 1.82) is 0 Å². The lowest BCUT2D eigenvalue weighted by Gasteiger charge is -2.23. The molecule has 28 heavy (non-hydrogen) atoms. The summed E-state index contributed by atoms with van der Waals surface area (Å²) in [4.78, 5) is 12.9. The van der Waals surface area contributed by atoms with E-state index in [0.717, 1.165) is 17.5 Å². The van der Waals surface area contributed by atoms with E-state index in [2.05, 4.69) is 12.2 Å². The predicted octanol–water partition coefficient (Wildman–Crippen LogP) is 4.75. The summed E-state index contributed by atoms with van der Waals surface area (Å²) in [5, 5.41) is 3.11. The van der Waals surface area contributed by atoms with Crippen LogP contribution < -0.4 is 19.5 Å². The highest BCUT2D eigenvalue weighted by Gasteiger charge is 2.22. The standard InChI is InChI=1S/C23H31NO4/c1-7-19(17-10-12-21(26-5)22(14-17)27-6)24-23(25)20(8-2)28-18-11-9-15(3)16(4)13-18/h9-14,19-20H,7-8H2,1-6H3,(H,24,25). The van der Waals surface area contributed by atoms with Crippen LogP contribution in [0.3, 0.4) is 0 Å². The number of carbonyl (C=O) groups is 1. The van der Waals surface area contributed by atoms with E-state index in [1.165, 1.54) is 5.56 Å². The first-order chi connectivity index (χ1) is 13.4. The molecule has 0 fully saturated rings. The molecule has 2 unspecified atom stereocenters. The van der Waals surface area contributed by atoms with Crippen LogP contribution in [0.4, 0.5) is 0 Å². The van der Waals surface area contributed by atoms with Crippen LogP contribution in [0.5, 0.6) is 17.2 Å². The van der Waals surface area contributed by atoms with E-state index in [9.17, 15) is 4.79 Å². The van der Waals surface area contributed by atoms with E-state index in [1.54, 1.807) is 14.2 Å². The molecule has 0 aliphatic heterocycles. The quantitative estimate of drug-likeness (QED) is 0.677. The van der Waals surface area contributed by atoms with E-state index in [0.29, 0.717) is 23.7 Å². The number of carbonyl (C=O) groups excluding carboxylic acids is 1. The van der Waals surface area contributed by atoms with Gasteiger partial charge >= 0.3 is 0 Å². The number of hydrogen-bond donors (Lipinski definition) is 1. The van der Waals surface area contributed by atoms with Crippen molar-refractivity contribution in [1.82, 2.24) is 5.32 Å². The minimum Gasteiger partial charge on any atom is -0.493 e. The molecule has 5 heteroatoms. The van der Waals surface area contributed by atoms with Crippen LogP contribution in [0, 0.1) is 13.8 Å². The van der Waals surface area contributed by atoms with E-state index in [1.807, 2.05) is 57.2 Å². The Morgan fingerprint density at radius 3 is 2.21 bits per heavy atom. The Kier molecular flexibility index (Phi) is 7.73. The van der Waals surface area contributed by atoms with E-state index in [-0.39, 0.29) is 11.9 Å². The Bertz CT molecular complexity index is 803. The van der Waals surface area contributed by atoms with Gasteiger partial charge in [0.15, 0.2) is 17.6 Å². The van der Waals surface area contributed by atoms with Gasteiger partial charge in [-0.05, 0) is 67.6 Å². The van der Waals surface area contributed by atoms with E-state index < -0.39 is 6.10 Å². The lowest BCUT2D eigenvalue weighted by molar-refractivity contribution is -0.128. The van der Waals surface area contributed by atoms with Crippen LogP contribution in [0.25, 0.3) is 0 Å². The van der Waals surface area contributed by atoms with Crippen molar-refractivity contribution >= 4 is 5.91 Å². The lowest BCUT2D eigenvalue weighted by Crippen LogP contribution is -2.40. The fourth-order valence-corrected chi connectivity index (χ4v) is 3.03. The number of hydrogen-bond acceptors (Lipinski definition) is 4. The van der Waals surface area contributed by atoms with Crippen molar-refractivity contribution < 1.29 is 19.0 Å². The van der Waals surface area contributed by atoms with Gasteiger partial charge in [0.1, 0.15) is 5.75 Å². The normalized spacial score (nSPS) is 12.8. The summed E-state index contributed by atoms with van der Waals surface area (Å²) >= 11 is 0. The fraction of sp³-hybridized carbons (Fsp3) is 0.435. The summed E-state index contributed by atoms with van der Waals surface area (Å²) in [6.45, 7) is 8.07. The molecule has 2 aromatic rings. The number of aryl methyl sites for hydroxylation is 2. The van der Waals surface area contributed by atoms with Crippen molar-refractivity contribution in [2.75, 3.05) is 14.2 Å². The second kappa shape index (κ2) is 10.0. The maximum atomic E-state index is 12.9. The van der Waals surface area contributed by atoms with Gasteiger partial charge in [-0.3, -0.25) is 4.79 Å². The Hall–Kier alpha value is -2.69. The zero-order valence-corrected chi connectivity index (χ0v) is 17.7. The Morgan fingerprint density at radius 1 is 0.929 bits per heavy atom. The Balaban J connectivity index is 2.13. The third kappa shape index (κ3) is 5.18. The number of methoxy groups -OCH3 is 2. The molecule has 0 aromatic heterocycles. The first-order valence-electron chi connectivity index (χ1n) is 9.69. The third-order valence-electron chi connectivity index (χ3n) is 4.95. The highest BCUT2D eigenvalue weighted by atomic mass is 16.5. The van der Waals surface area contributed by atoms with Gasteiger partial charge in [-0.25, -0.2) is 0 Å². The monoisotopic (exact) mass is 385 g/mol. The molecule has 0 saturated heterocycles. The van der Waals surface area contributed by atoms with Gasteiger partial charge in [0.2, 0.25) is 0 Å². The molecule has 0 saturated carbocycles. The molecule has 0 aliphatic rings. The molecular formula is C23H31NO4. The average Bonchev–Trinajstić information content (AvgIpc) is 2.71. The van der Waals surface area contributed by atoms with Gasteiger partial charge in [-0.2, -0.15) is 0 Å². The number of benzene rings is 2. The summed E-state index contributed by atoms with van der Waals surface area (Å²) in [5.41, 5.74) is 3.31. The minimum atomic E-state index is -0.545. The zero-order valence-electron chi connectivity index (χ0n) is 17.7. The molecule has 2 rings (SSSR count). The summed E-state index contributed by atoms with van der Waals surface area (Å²) in [7, 11) is 3.21. The molecular weight excluding hydrogens is 354 g/mol. The second-order valence-electron chi connectivity index (χ2n) is 6.84. The number of rotatable bonds is 9. The van der Waals surface area contributed by atoms with Crippen molar-refractivity contribution in [2.24, 2.45) is 0 Å². The number of ether oxygens (including phenoxy) is 3. The molecule has 2 atom stereocenters. The summed E-state index contributed by atoms with van der Waals surface area (Å²) in [6.07, 6.45) is 0.791. The van der Waals surface area contributed by atoms with Crippen LogP contribution in [0.2, 0.25) is 0 Å². The number of nitrogens with one attached hydrogen (secondary N) is 1. The van der Waals surface area contributed by atoms with Crippen molar-refractivity contribution in [3.8, 4) is 17.2 Å². The van der Waals surface area contributed by atoms with Crippen molar-refractivity contribution in [3.05, 3.63) is 53.1 Å². The zero-order chi connectivity index (χ0) is 20.7. The maximum Gasteiger partial charge on any atom is 0.261 e. The van der Waals surface area contributed by atoms with E-state index in [4.69, 9.17) is 14.2 Å². The molecule has 0 radical (unpaired) electrons. The molecule has 0 bridgehead atoms. The topological polar surface area (TPSA) is 56.8 Å². The first kappa shape index (κ1) is 21.6. The molecule has 0 spiro atoms. The molecule has 152 valence electrons. The molecule has 5 nitrogen and oxygen atoms in total. The van der Waals surface area contributed by atoms with Crippen LogP contribution in [-0.4, -0.2) is 26.2 Å². The smallest absolute Gasteiger partial charge is 0.261 e. The molecule has 0 aliphatic carbocycles. The van der Waals surface area contributed by atoms with Crippen LogP contribution in [-0.2, 0) is 4.79 Å². The Labute approximate surface area is 168 Å². The predicted molar refractivity (Wildman–Crippen MR) is 111 cm³/mol. The van der Waals surface area contributed by atoms with Gasteiger partial charge < -0.3 is 19.5 Å². The highest BCUT2D eigenvalue weighted by Crippen LogP contribution is 2.31. The Morgan fingerprint density at radius 2 is 1.64 bits per heavy atom. The van der Waals surface area contributed by atoms with Crippen LogP contribution in [0.15, 0.2) is 36.4 Å². The second-order valence-corrected chi connectivity index (χ2v) is 6.84. The number of amides is 1. The maximum absolute atomic E-state index is 12.9. The van der Waals surface area contributed by atoms with Gasteiger partial charge in [0, 0.05) is 0 Å². The first-order valence-corrected chi connectivity index (χ1v) is 9.69. The summed E-state index contributed by atoms with van der Waals surface area (Å²) < 4.78 is 16.6. The largest absolute Gasteiger partial charge is 0.493 e.